The van der Waals surface area contributed by atoms with Gasteiger partial charge >= 0.3 is 5.69 Å². The fourth-order valence-corrected chi connectivity index (χ4v) is 3.48. The molecule has 3 rings (SSSR count). The number of aromatic amines is 1. The second-order valence-electron chi connectivity index (χ2n) is 6.38. The molecule has 0 unspecified atom stereocenters. The van der Waals surface area contributed by atoms with Crippen LogP contribution in [0.1, 0.15) is 29.4 Å². The van der Waals surface area contributed by atoms with Crippen LogP contribution in [-0.2, 0) is 0 Å². The van der Waals surface area contributed by atoms with Crippen LogP contribution in [0.5, 0.6) is 11.5 Å². The van der Waals surface area contributed by atoms with Crippen LogP contribution in [0.4, 0.5) is 5.69 Å². The lowest BCUT2D eigenvalue weighted by molar-refractivity contribution is 0.102. The number of H-pyrrole nitrogens is 1. The van der Waals surface area contributed by atoms with E-state index in [1.54, 1.807) is 36.5 Å². The van der Waals surface area contributed by atoms with Crippen LogP contribution in [0.2, 0.25) is 0 Å². The van der Waals surface area contributed by atoms with E-state index in [2.05, 4.69) is 26.2 Å². The number of para-hydroxylation sites is 2. The van der Waals surface area contributed by atoms with Gasteiger partial charge in [0.1, 0.15) is 0 Å². The number of hydrogen-bond acceptors (Lipinski definition) is 4. The molecule has 0 aliphatic carbocycles. The molecule has 0 aliphatic rings. The van der Waals surface area contributed by atoms with Gasteiger partial charge in [-0.05, 0) is 53.5 Å². The van der Waals surface area contributed by atoms with Crippen molar-refractivity contribution < 1.29 is 14.3 Å². The molecule has 7 nitrogen and oxygen atoms in total. The van der Waals surface area contributed by atoms with E-state index in [0.717, 1.165) is 12.1 Å². The molecule has 2 N–H and O–H groups in total. The number of hydrogen-bond donors (Lipinski definition) is 2. The van der Waals surface area contributed by atoms with Gasteiger partial charge in [-0.1, -0.05) is 19.1 Å². The zero-order valence-corrected chi connectivity index (χ0v) is 18.0. The third-order valence-electron chi connectivity index (χ3n) is 4.30. The van der Waals surface area contributed by atoms with Crippen LogP contribution in [-0.4, -0.2) is 29.2 Å². The number of imidazole rings is 1. The number of aryl methyl sites for hydroxylation is 1. The quantitative estimate of drug-likeness (QED) is 0.551. The highest BCUT2D eigenvalue weighted by atomic mass is 79.9. The Kier molecular flexibility index (Phi) is 6.43. The minimum atomic E-state index is -0.334. The second kappa shape index (κ2) is 9.00. The zero-order valence-electron chi connectivity index (χ0n) is 16.4. The molecule has 0 aliphatic heterocycles. The fraction of sp³-hybridized carbons (Fsp3) is 0.238. The number of carbonyl (C=O) groups excluding carboxylic acids is 1. The van der Waals surface area contributed by atoms with Crippen molar-refractivity contribution in [2.24, 2.45) is 0 Å². The van der Waals surface area contributed by atoms with Crippen molar-refractivity contribution in [2.75, 3.05) is 19.0 Å². The summed E-state index contributed by atoms with van der Waals surface area (Å²) in [5.41, 5.74) is 1.96. The van der Waals surface area contributed by atoms with Gasteiger partial charge in [0.25, 0.3) is 5.91 Å². The maximum Gasteiger partial charge on any atom is 0.330 e. The van der Waals surface area contributed by atoms with Crippen LogP contribution < -0.4 is 20.5 Å². The first-order valence-electron chi connectivity index (χ1n) is 9.14. The number of methoxy groups -OCH3 is 1. The number of amides is 1. The van der Waals surface area contributed by atoms with Crippen molar-refractivity contribution in [3.63, 3.8) is 0 Å². The molecule has 152 valence electrons. The number of carbonyl (C=O) groups is 1. The number of nitrogens with one attached hydrogen (secondary N) is 2. The predicted molar refractivity (Wildman–Crippen MR) is 116 cm³/mol. The molecular formula is C21H22BrN3O4. The lowest BCUT2D eigenvalue weighted by Crippen LogP contribution is -2.19. The smallest absolute Gasteiger partial charge is 0.330 e. The van der Waals surface area contributed by atoms with E-state index >= 15 is 0 Å². The summed E-state index contributed by atoms with van der Waals surface area (Å²) >= 11 is 3.45. The van der Waals surface area contributed by atoms with Crippen molar-refractivity contribution in [3.8, 4) is 17.2 Å². The monoisotopic (exact) mass is 459 g/mol. The number of anilines is 1. The minimum absolute atomic E-state index is 0.272. The summed E-state index contributed by atoms with van der Waals surface area (Å²) in [6, 6.07) is 10.4. The highest BCUT2D eigenvalue weighted by Crippen LogP contribution is 2.37. The first kappa shape index (κ1) is 20.7. The summed E-state index contributed by atoms with van der Waals surface area (Å²) in [6.45, 7) is 4.36. The van der Waals surface area contributed by atoms with Crippen molar-refractivity contribution in [2.45, 2.75) is 20.3 Å². The van der Waals surface area contributed by atoms with Crippen LogP contribution in [0, 0.1) is 6.92 Å². The Balaban J connectivity index is 1.94. The van der Waals surface area contributed by atoms with Crippen LogP contribution in [0.3, 0.4) is 0 Å². The molecule has 1 aromatic heterocycles. The Bertz CT molecular complexity index is 1090. The van der Waals surface area contributed by atoms with E-state index in [9.17, 15) is 9.59 Å². The van der Waals surface area contributed by atoms with E-state index in [0.29, 0.717) is 39.5 Å². The maximum atomic E-state index is 12.9. The van der Waals surface area contributed by atoms with Gasteiger partial charge in [0.15, 0.2) is 11.5 Å². The first-order chi connectivity index (χ1) is 14.0. The van der Waals surface area contributed by atoms with Gasteiger partial charge in [0.05, 0.1) is 29.6 Å². The molecule has 0 saturated carbocycles. The predicted octanol–water partition coefficient (Wildman–Crippen LogP) is 4.29. The largest absolute Gasteiger partial charge is 0.493 e. The highest BCUT2D eigenvalue weighted by molar-refractivity contribution is 9.10. The minimum Gasteiger partial charge on any atom is -0.493 e. The Morgan fingerprint density at radius 2 is 2.03 bits per heavy atom. The SMILES string of the molecule is CCCOc1c(Br)cc(C(=O)Nc2ccccc2-n2c(C)c[nH]c2=O)cc1OC. The van der Waals surface area contributed by atoms with E-state index in [-0.39, 0.29) is 11.6 Å². The zero-order chi connectivity index (χ0) is 21.0. The number of nitrogens with zero attached hydrogens (tertiary/aromatic N) is 1. The number of benzene rings is 2. The van der Waals surface area contributed by atoms with Crippen molar-refractivity contribution in [3.05, 3.63) is 68.8 Å². The normalized spacial score (nSPS) is 10.6. The summed E-state index contributed by atoms with van der Waals surface area (Å²) in [7, 11) is 1.53. The fourth-order valence-electron chi connectivity index (χ4n) is 2.92. The molecule has 0 fully saturated rings. The average molecular weight is 460 g/mol. The van der Waals surface area contributed by atoms with Crippen molar-refractivity contribution >= 4 is 27.5 Å². The van der Waals surface area contributed by atoms with Crippen molar-refractivity contribution in [1.82, 2.24) is 9.55 Å². The van der Waals surface area contributed by atoms with E-state index in [4.69, 9.17) is 9.47 Å². The summed E-state index contributed by atoms with van der Waals surface area (Å²) in [6.07, 6.45) is 2.48. The Morgan fingerprint density at radius 1 is 1.28 bits per heavy atom. The first-order valence-corrected chi connectivity index (χ1v) is 9.93. The molecule has 29 heavy (non-hydrogen) atoms. The van der Waals surface area contributed by atoms with E-state index < -0.39 is 0 Å². The van der Waals surface area contributed by atoms with Crippen LogP contribution >= 0.6 is 15.9 Å². The van der Waals surface area contributed by atoms with Gasteiger partial charge in [-0.3, -0.25) is 9.36 Å². The van der Waals surface area contributed by atoms with Crippen LogP contribution in [0.15, 0.2) is 51.9 Å². The summed E-state index contributed by atoms with van der Waals surface area (Å²) < 4.78 is 13.2. The third kappa shape index (κ3) is 4.37. The topological polar surface area (TPSA) is 85.4 Å². The second-order valence-corrected chi connectivity index (χ2v) is 7.23. The van der Waals surface area contributed by atoms with Gasteiger partial charge in [-0.25, -0.2) is 4.79 Å². The Hall–Kier alpha value is -3.00. The third-order valence-corrected chi connectivity index (χ3v) is 4.88. The number of halogens is 1. The number of aromatic nitrogens is 2. The molecule has 0 spiro atoms. The summed E-state index contributed by atoms with van der Waals surface area (Å²) in [5.74, 6) is 0.685. The average Bonchev–Trinajstić information content (AvgIpc) is 3.05. The van der Waals surface area contributed by atoms with Gasteiger partial charge in [-0.2, -0.15) is 0 Å². The number of rotatable bonds is 7. The molecule has 0 bridgehead atoms. The Labute approximate surface area is 176 Å². The number of ether oxygens (including phenoxy) is 2. The van der Waals surface area contributed by atoms with Crippen molar-refractivity contribution in [1.29, 1.82) is 0 Å². The van der Waals surface area contributed by atoms with Gasteiger partial charge in [0, 0.05) is 17.5 Å². The van der Waals surface area contributed by atoms with Gasteiger partial charge < -0.3 is 19.8 Å². The molecule has 0 saturated heterocycles. The molecule has 0 atom stereocenters. The standard InChI is InChI=1S/C21H22BrN3O4/c1-4-9-29-19-15(22)10-14(11-18(19)28-3)20(26)24-16-7-5-6-8-17(16)25-13(2)12-23-21(25)27/h5-8,10-12H,4,9H2,1-3H3,(H,23,27)(H,24,26). The summed E-state index contributed by atoms with van der Waals surface area (Å²) in [5, 5.41) is 2.88. The maximum absolute atomic E-state index is 12.9. The van der Waals surface area contributed by atoms with Gasteiger partial charge in [0.2, 0.25) is 0 Å². The molecule has 8 heteroatoms. The van der Waals surface area contributed by atoms with Crippen LogP contribution in [0.25, 0.3) is 5.69 Å². The van der Waals surface area contributed by atoms with Gasteiger partial charge in [-0.15, -0.1) is 0 Å². The van der Waals surface area contributed by atoms with E-state index in [1.165, 1.54) is 11.7 Å². The lowest BCUT2D eigenvalue weighted by Gasteiger charge is -2.15. The lowest BCUT2D eigenvalue weighted by atomic mass is 10.1. The molecule has 1 heterocycles. The summed E-state index contributed by atoms with van der Waals surface area (Å²) in [4.78, 5) is 27.7. The van der Waals surface area contributed by atoms with E-state index in [1.807, 2.05) is 19.9 Å². The Morgan fingerprint density at radius 3 is 2.69 bits per heavy atom. The molecule has 1 amide bonds. The molecule has 2 aromatic carbocycles. The molecular weight excluding hydrogens is 438 g/mol. The molecule has 3 aromatic rings. The highest BCUT2D eigenvalue weighted by Gasteiger charge is 2.17. The molecule has 0 radical (unpaired) electrons.